The van der Waals surface area contributed by atoms with E-state index in [4.69, 9.17) is 0 Å². The lowest BCUT2D eigenvalue weighted by atomic mass is 10.7. The summed E-state index contributed by atoms with van der Waals surface area (Å²) < 4.78 is 0. The molecule has 0 bridgehead atoms. The maximum atomic E-state index is 3.28. The van der Waals surface area contributed by atoms with E-state index < -0.39 is 0 Å². The second-order valence-corrected chi connectivity index (χ2v) is 5.05. The molecule has 0 saturated heterocycles. The monoisotopic (exact) mass is 185 g/mol. The number of nitrogens with one attached hydrogen (secondary N) is 1. The van der Waals surface area contributed by atoms with E-state index in [1.807, 2.05) is 24.5 Å². The Balaban J connectivity index is 0.000000145. The number of rotatable bonds is 0. The molecular formula is C5H8BrMgN. The molecule has 8 heavy (non-hydrogen) atoms. The average Bonchev–Trinajstić information content (AvgIpc) is 2.17. The molecule has 0 spiro atoms. The van der Waals surface area contributed by atoms with Crippen LogP contribution in [-0.4, -0.2) is 23.2 Å². The van der Waals surface area contributed by atoms with Gasteiger partial charge < -0.3 is 17.9 Å². The van der Waals surface area contributed by atoms with Gasteiger partial charge in [0.05, 0.1) is 0 Å². The van der Waals surface area contributed by atoms with Crippen LogP contribution in [-0.2, 0) is 0 Å². The first kappa shape index (κ1) is 8.53. The molecule has 0 unspecified atom stereocenters. The summed E-state index contributed by atoms with van der Waals surface area (Å²) in [4.78, 5) is 2.86. The lowest BCUT2D eigenvalue weighted by Crippen LogP contribution is -1.43. The number of aromatic amines is 1. The van der Waals surface area contributed by atoms with Gasteiger partial charge in [-0.15, -0.1) is 5.05 Å². The Morgan fingerprint density at radius 1 is 1.38 bits per heavy atom. The number of halogens is 1. The summed E-state index contributed by atoms with van der Waals surface area (Å²) in [6, 6.07) is 3.89. The van der Waals surface area contributed by atoms with Gasteiger partial charge in [0, 0.05) is 12.4 Å². The second-order valence-electron chi connectivity index (χ2n) is 1.15. The highest BCUT2D eigenvalue weighted by atomic mass is 79.9. The molecule has 0 fully saturated rings. The summed E-state index contributed by atoms with van der Waals surface area (Å²) >= 11 is 3.51. The van der Waals surface area contributed by atoms with Gasteiger partial charge in [-0.1, -0.05) is 0 Å². The Bertz CT molecular complexity index is 79.3. The van der Waals surface area contributed by atoms with Crippen LogP contribution in [0.15, 0.2) is 24.5 Å². The van der Waals surface area contributed by atoms with Crippen molar-refractivity contribution in [3.8, 4) is 0 Å². The van der Waals surface area contributed by atoms with Crippen LogP contribution in [0.4, 0.5) is 0 Å². The fourth-order valence-corrected chi connectivity index (χ4v) is 0.278. The number of hydrogen-bond donors (Lipinski definition) is 1. The third-order valence-corrected chi connectivity index (χ3v) is 0.496. The lowest BCUT2D eigenvalue weighted by Gasteiger charge is -1.49. The molecule has 0 atom stereocenters. The van der Waals surface area contributed by atoms with E-state index in [-0.39, 0.29) is 18.2 Å². The maximum absolute atomic E-state index is 3.28. The third kappa shape index (κ3) is 6.53. The van der Waals surface area contributed by atoms with Crippen molar-refractivity contribution >= 4 is 31.1 Å². The molecule has 42 valence electrons. The Morgan fingerprint density at radius 3 is 1.88 bits per heavy atom. The number of H-pyrrole nitrogens is 1. The highest BCUT2D eigenvalue weighted by Crippen LogP contribution is 1.72. The molecule has 0 radical (unpaired) electrons. The van der Waals surface area contributed by atoms with Gasteiger partial charge in [-0.05, 0) is 12.1 Å². The van der Waals surface area contributed by atoms with E-state index in [1.165, 1.54) is 0 Å². The molecule has 1 nitrogen and oxygen atoms in total. The predicted molar refractivity (Wildman–Crippen MR) is 41.3 cm³/mol. The zero-order valence-corrected chi connectivity index (χ0v) is 7.89. The van der Waals surface area contributed by atoms with Crippen LogP contribution in [0.2, 0.25) is 5.05 Å². The zero-order chi connectivity index (χ0) is 6.24. The van der Waals surface area contributed by atoms with Crippen molar-refractivity contribution in [2.45, 2.75) is 5.05 Å². The van der Waals surface area contributed by atoms with Crippen molar-refractivity contribution in [1.82, 2.24) is 4.98 Å². The highest BCUT2D eigenvalue weighted by molar-refractivity contribution is 9.23. The average molecular weight is 186 g/mol. The Morgan fingerprint density at radius 2 is 1.75 bits per heavy atom. The van der Waals surface area contributed by atoms with Crippen LogP contribution in [0.3, 0.4) is 0 Å². The van der Waals surface area contributed by atoms with E-state index in [9.17, 15) is 0 Å². The molecule has 0 aliphatic carbocycles. The number of aromatic nitrogens is 1. The summed E-state index contributed by atoms with van der Waals surface area (Å²) in [7, 11) is 0. The molecule has 1 heterocycles. The van der Waals surface area contributed by atoms with Crippen molar-refractivity contribution in [3.63, 3.8) is 0 Å². The smallest absolute Gasteiger partial charge is 0.368 e. The van der Waals surface area contributed by atoms with Crippen LogP contribution >= 0.6 is 12.9 Å². The number of hydrogen-bond acceptors (Lipinski definition) is 0. The normalized spacial score (nSPS) is 6.25. The van der Waals surface area contributed by atoms with Crippen molar-refractivity contribution in [2.75, 3.05) is 0 Å². The molecule has 1 N–H and O–H groups in total. The molecule has 0 aliphatic rings. The Kier molecular flexibility index (Phi) is 8.02. The van der Waals surface area contributed by atoms with Crippen LogP contribution in [0.5, 0.6) is 0 Å². The first-order valence-electron chi connectivity index (χ1n) is 2.55. The minimum atomic E-state index is 0.229. The first-order chi connectivity index (χ1) is 3.91. The van der Waals surface area contributed by atoms with Crippen molar-refractivity contribution < 1.29 is 0 Å². The molecule has 0 aromatic carbocycles. The summed E-state index contributed by atoms with van der Waals surface area (Å²) in [5.74, 6) is 0. The van der Waals surface area contributed by atoms with Gasteiger partial charge in [-0.25, -0.2) is 0 Å². The van der Waals surface area contributed by atoms with E-state index >= 15 is 0 Å². The van der Waals surface area contributed by atoms with Gasteiger partial charge in [-0.3, -0.25) is 0 Å². The minimum Gasteiger partial charge on any atom is -0.368 e. The quantitative estimate of drug-likeness (QED) is 0.597. The van der Waals surface area contributed by atoms with Gasteiger partial charge in [0.15, 0.2) is 0 Å². The van der Waals surface area contributed by atoms with Gasteiger partial charge in [-0.2, -0.15) is 0 Å². The predicted octanol–water partition coefficient (Wildman–Crippen LogP) is 2.06. The first-order valence-corrected chi connectivity index (χ1v) is 7.86. The summed E-state index contributed by atoms with van der Waals surface area (Å²) in [5.41, 5.74) is 0. The van der Waals surface area contributed by atoms with Crippen molar-refractivity contribution in [1.29, 1.82) is 0 Å². The van der Waals surface area contributed by atoms with E-state index in [0.717, 1.165) is 0 Å². The minimum absolute atomic E-state index is 0.229. The topological polar surface area (TPSA) is 15.8 Å². The molecule has 1 rings (SSSR count). The fraction of sp³-hybridized carbons (Fsp3) is 0.200. The van der Waals surface area contributed by atoms with Gasteiger partial charge in [0.1, 0.15) is 0 Å². The summed E-state index contributed by atoms with van der Waals surface area (Å²) in [5, 5.41) is 2.18. The van der Waals surface area contributed by atoms with E-state index in [1.54, 1.807) is 0 Å². The van der Waals surface area contributed by atoms with E-state index in [0.29, 0.717) is 0 Å². The largest absolute Gasteiger partial charge is 0.465 e. The third-order valence-electron chi connectivity index (χ3n) is 0.496. The summed E-state index contributed by atoms with van der Waals surface area (Å²) in [6.07, 6.45) is 3.75. The van der Waals surface area contributed by atoms with Gasteiger partial charge in [0.25, 0.3) is 0 Å². The Hall–Kier alpha value is 0.526. The van der Waals surface area contributed by atoms with E-state index in [2.05, 4.69) is 22.9 Å². The van der Waals surface area contributed by atoms with Crippen molar-refractivity contribution in [3.05, 3.63) is 24.5 Å². The van der Waals surface area contributed by atoms with Crippen LogP contribution in [0.25, 0.3) is 0 Å². The standard InChI is InChI=1S/C4H5N.CH3.BrH.Mg/c1-2-4-5-3-1;;;/h1-5H;1H3;1H;/q;;;+1/p-1. The fourth-order valence-electron chi connectivity index (χ4n) is 0.278. The second kappa shape index (κ2) is 7.53. The summed E-state index contributed by atoms with van der Waals surface area (Å²) in [6.45, 7) is 0. The van der Waals surface area contributed by atoms with Gasteiger partial charge in [0.2, 0.25) is 0 Å². The molecule has 3 heteroatoms. The maximum Gasteiger partial charge on any atom is 0.465 e. The lowest BCUT2D eigenvalue weighted by molar-refractivity contribution is 1.42. The SMILES string of the molecule is [CH3][Mg][Br].c1cc[nH]c1. The Labute approximate surface area is 65.5 Å². The molecule has 0 saturated carbocycles. The molecule has 1 aromatic heterocycles. The molecule has 0 amide bonds. The van der Waals surface area contributed by atoms with Crippen LogP contribution < -0.4 is 0 Å². The van der Waals surface area contributed by atoms with Crippen LogP contribution in [0, 0.1) is 0 Å². The van der Waals surface area contributed by atoms with Crippen LogP contribution in [0.1, 0.15) is 0 Å². The molecule has 0 aliphatic heterocycles. The molecular weight excluding hydrogens is 178 g/mol. The van der Waals surface area contributed by atoms with Gasteiger partial charge >= 0.3 is 18.2 Å². The van der Waals surface area contributed by atoms with Crippen molar-refractivity contribution in [2.24, 2.45) is 0 Å². The molecule has 1 aromatic rings. The highest BCUT2D eigenvalue weighted by Gasteiger charge is 1.58. The zero-order valence-electron chi connectivity index (χ0n) is 4.89.